The Bertz CT molecular complexity index is 2810. The summed E-state index contributed by atoms with van der Waals surface area (Å²) in [6.07, 6.45) is 18.6. The van der Waals surface area contributed by atoms with E-state index in [2.05, 4.69) is 63.5 Å². The molecule has 3 saturated carbocycles. The number of ketones is 2. The van der Waals surface area contributed by atoms with Gasteiger partial charge in [0, 0.05) is 41.7 Å². The minimum Gasteiger partial charge on any atom is -0.506 e. The van der Waals surface area contributed by atoms with Crippen molar-refractivity contribution in [3.8, 4) is 11.5 Å². The van der Waals surface area contributed by atoms with Crippen LogP contribution in [0.4, 0.5) is 5.69 Å². The molecule has 19 atom stereocenters. The second kappa shape index (κ2) is 28.1. The summed E-state index contributed by atoms with van der Waals surface area (Å²) in [5.41, 5.74) is 2.30. The van der Waals surface area contributed by atoms with Crippen molar-refractivity contribution in [2.45, 2.75) is 193 Å². The number of allylic oxidation sites excluding steroid dienone is 7. The lowest BCUT2D eigenvalue weighted by atomic mass is 9.46. The molecule has 6 aliphatic carbocycles. The van der Waals surface area contributed by atoms with E-state index in [1.807, 2.05) is 51.1 Å². The lowest BCUT2D eigenvalue weighted by Crippen LogP contribution is -2.63. The number of rotatable bonds is 19. The Labute approximate surface area is 502 Å². The molecule has 17 nitrogen and oxygen atoms in total. The van der Waals surface area contributed by atoms with Crippen LogP contribution >= 0.6 is 0 Å². The van der Waals surface area contributed by atoms with Gasteiger partial charge in [-0.15, -0.1) is 0 Å². The van der Waals surface area contributed by atoms with Crippen LogP contribution in [0.3, 0.4) is 0 Å². The minimum atomic E-state index is -1.20. The number of anilines is 1. The normalized spacial score (nSPS) is 35.1. The Morgan fingerprint density at radius 2 is 1.73 bits per heavy atom. The number of Topliss-reactive ketones (excluding diaryl/α,β-unsaturated/α-hetero) is 1. The van der Waals surface area contributed by atoms with Gasteiger partial charge >= 0.3 is 11.9 Å². The van der Waals surface area contributed by atoms with Crippen molar-refractivity contribution in [3.05, 3.63) is 101 Å². The summed E-state index contributed by atoms with van der Waals surface area (Å²) in [6, 6.07) is 12.7. The van der Waals surface area contributed by atoms with E-state index < -0.39 is 48.3 Å². The molecule has 7 N–H and O–H groups in total. The molecule has 0 aromatic heterocycles. The van der Waals surface area contributed by atoms with Gasteiger partial charge in [0.1, 0.15) is 30.3 Å². The van der Waals surface area contributed by atoms with Crippen LogP contribution in [-0.4, -0.2) is 124 Å². The first-order valence-electron chi connectivity index (χ1n) is 31.2. The van der Waals surface area contributed by atoms with Crippen molar-refractivity contribution in [2.24, 2.45) is 58.2 Å². The number of hydrogen-bond acceptors (Lipinski definition) is 16. The number of amides is 1. The zero-order valence-electron chi connectivity index (χ0n) is 51.2. The summed E-state index contributed by atoms with van der Waals surface area (Å²) in [6.45, 7) is 16.4. The Balaban J connectivity index is 0.000000167. The second-order valence-corrected chi connectivity index (χ2v) is 26.0. The van der Waals surface area contributed by atoms with E-state index in [1.54, 1.807) is 31.4 Å². The lowest BCUT2D eigenvalue weighted by Gasteiger charge is -2.59. The van der Waals surface area contributed by atoms with Gasteiger partial charge in [-0.05, 0) is 154 Å². The number of phenolic OH excluding ortho intramolecular Hbond substituents is 1. The second-order valence-electron chi connectivity index (χ2n) is 26.0. The summed E-state index contributed by atoms with van der Waals surface area (Å²) in [5, 5.41) is 56.9. The van der Waals surface area contributed by atoms with Crippen LogP contribution in [0.5, 0.6) is 11.5 Å². The van der Waals surface area contributed by atoms with E-state index in [1.165, 1.54) is 17.2 Å². The molecule has 466 valence electrons. The van der Waals surface area contributed by atoms with Gasteiger partial charge in [0.15, 0.2) is 23.5 Å². The third-order valence-electron chi connectivity index (χ3n) is 20.3. The van der Waals surface area contributed by atoms with E-state index in [0.29, 0.717) is 62.0 Å². The van der Waals surface area contributed by atoms with Gasteiger partial charge in [-0.25, -0.2) is 0 Å². The van der Waals surface area contributed by atoms with Crippen LogP contribution in [0, 0.1) is 58.2 Å². The minimum absolute atomic E-state index is 0.0125. The van der Waals surface area contributed by atoms with E-state index in [4.69, 9.17) is 23.7 Å². The number of cyclic esters (lactones) is 1. The molecule has 2 aliphatic heterocycles. The average Bonchev–Trinajstić information content (AvgIpc) is 1.57. The standard InChI is InChI=1S/C25H34O6.C24H36O5.C19H24N2O4/c1-4-5-21-30-20-11-17-16-7-6-14-10-15(27)8-9-23(14,2)22(16)18(28)12-24(17,3)25(20,31-21)19(29)13-26;1-5-15(3)24(27)29-21-11-14(2)10-17-7-6-16(4)20(23(17)21)9-8-19-12-18(25)13-22(26)28-19;1-13(9-14-3-6-16(25-2)7-4-14)20-11-19(24)15-5-8-18(23)17(10-15)21-12-22/h8-10,16-18,20-22,26,28H,4-7,11-13H2,1-3H3;6-7,10,14-16,18-21,23,25H,5,8-9,11-13H2,1-4H3;3-8,10,12-13,19-20,23-24H,9,11H2,1-2H3,(H,21,22)/t16-,17-,18-,20+,21?,22+,23-,24-,25+;14-,15-,16-,18+,19+,20-,21-,23-;13-,19+/m001/s1. The molecule has 10 rings (SSSR count). The van der Waals surface area contributed by atoms with E-state index in [0.717, 1.165) is 62.7 Å². The lowest BCUT2D eigenvalue weighted by molar-refractivity contribution is -0.200. The summed E-state index contributed by atoms with van der Waals surface area (Å²) in [5.74, 6) is 1.57. The predicted molar refractivity (Wildman–Crippen MR) is 321 cm³/mol. The fourth-order valence-corrected chi connectivity index (χ4v) is 15.8. The first-order chi connectivity index (χ1) is 40.5. The highest BCUT2D eigenvalue weighted by Gasteiger charge is 2.75. The topological polar surface area (TPSA) is 257 Å². The number of carbonyl (C=O) groups excluding carboxylic acids is 5. The molecule has 2 saturated heterocycles. The van der Waals surface area contributed by atoms with Crippen molar-refractivity contribution >= 4 is 35.6 Å². The van der Waals surface area contributed by atoms with Crippen LogP contribution in [0.1, 0.15) is 150 Å². The van der Waals surface area contributed by atoms with Crippen molar-refractivity contribution in [3.63, 3.8) is 0 Å². The summed E-state index contributed by atoms with van der Waals surface area (Å²) in [7, 11) is 1.64. The molecule has 0 spiro atoms. The number of fused-ring (bicyclic) bond motifs is 8. The maximum Gasteiger partial charge on any atom is 0.308 e. The number of hydrogen-bond donors (Lipinski definition) is 7. The fraction of sp³-hybridized carbons (Fsp3) is 0.632. The average molecular weight is 1180 g/mol. The van der Waals surface area contributed by atoms with Crippen molar-refractivity contribution < 1.29 is 73.2 Å². The number of ether oxygens (including phenoxy) is 5. The number of methoxy groups -OCH3 is 1. The Kier molecular flexibility index (Phi) is 21.6. The molecule has 0 radical (unpaired) electrons. The molecular weight excluding hydrogens is 1080 g/mol. The number of carbonyl (C=O) groups is 5. The van der Waals surface area contributed by atoms with Crippen LogP contribution in [0.15, 0.2) is 90.1 Å². The van der Waals surface area contributed by atoms with Gasteiger partial charge in [-0.2, -0.15) is 0 Å². The highest BCUT2D eigenvalue weighted by Crippen LogP contribution is 2.70. The molecule has 5 fully saturated rings. The van der Waals surface area contributed by atoms with Crippen molar-refractivity contribution in [1.82, 2.24) is 5.32 Å². The highest BCUT2D eigenvalue weighted by molar-refractivity contribution is 6.01. The van der Waals surface area contributed by atoms with Gasteiger partial charge in [-0.1, -0.05) is 103 Å². The zero-order chi connectivity index (χ0) is 61.5. The molecular formula is C68H94N2O15. The number of benzene rings is 2. The van der Waals surface area contributed by atoms with Crippen molar-refractivity contribution in [2.75, 3.05) is 25.6 Å². The number of nitrogens with one attached hydrogen (secondary N) is 2. The fourth-order valence-electron chi connectivity index (χ4n) is 15.8. The summed E-state index contributed by atoms with van der Waals surface area (Å²) >= 11 is 0. The SMILES string of the molecule is CCCC1O[C@@H]2C[C@H]3[C@@H]4CCC5=CC(=O)C=C[C@]5(C)[C@H]4[C@@H](O)C[C@]3(C)[C@]2(C(=O)CO)O1.CC[C@H](C)C(=O)O[C@H]1C[C@@H](C)C=C2C=C[C@H](C)[C@H](CC[C@@H]3C[C@@H](O)CC(=O)O3)[C@H]21.COc1ccc(C[C@@H](C)NC[C@H](O)c2ccc(O)c(NC=O)c2)cc1. The molecule has 2 heterocycles. The van der Waals surface area contributed by atoms with E-state index in [-0.39, 0.29) is 94.6 Å². The van der Waals surface area contributed by atoms with Crippen LogP contribution in [0.2, 0.25) is 0 Å². The van der Waals surface area contributed by atoms with E-state index >= 15 is 0 Å². The molecule has 85 heavy (non-hydrogen) atoms. The molecule has 0 bridgehead atoms. The van der Waals surface area contributed by atoms with Gasteiger partial charge in [0.2, 0.25) is 6.41 Å². The molecule has 2 aromatic carbocycles. The number of esters is 2. The Morgan fingerprint density at radius 1 is 0.976 bits per heavy atom. The van der Waals surface area contributed by atoms with E-state index in [9.17, 15) is 49.5 Å². The molecule has 1 unspecified atom stereocenters. The number of aliphatic hydroxyl groups is 4. The monoisotopic (exact) mass is 1180 g/mol. The van der Waals surface area contributed by atoms with Gasteiger partial charge in [0.25, 0.3) is 0 Å². The number of aliphatic hydroxyl groups excluding tert-OH is 4. The van der Waals surface area contributed by atoms with Gasteiger partial charge in [0.05, 0.1) is 49.6 Å². The first kappa shape index (κ1) is 65.4. The number of aromatic hydroxyl groups is 1. The maximum atomic E-state index is 13.2. The highest BCUT2D eigenvalue weighted by atomic mass is 16.7. The molecule has 1 amide bonds. The van der Waals surface area contributed by atoms with Crippen LogP contribution in [-0.2, 0) is 49.3 Å². The summed E-state index contributed by atoms with van der Waals surface area (Å²) in [4.78, 5) is 60.0. The maximum absolute atomic E-state index is 13.2. The number of phenols is 1. The zero-order valence-corrected chi connectivity index (χ0v) is 51.2. The molecule has 17 heteroatoms. The van der Waals surface area contributed by atoms with Crippen LogP contribution < -0.4 is 15.4 Å². The summed E-state index contributed by atoms with van der Waals surface area (Å²) < 4.78 is 29.3. The smallest absolute Gasteiger partial charge is 0.308 e. The quantitative estimate of drug-likeness (QED) is 0.0393. The molecule has 2 aromatic rings. The predicted octanol–water partition coefficient (Wildman–Crippen LogP) is 9.14. The third kappa shape index (κ3) is 14.1. The Hall–Kier alpha value is -5.53. The van der Waals surface area contributed by atoms with Crippen LogP contribution in [0.25, 0.3) is 0 Å². The largest absolute Gasteiger partial charge is 0.506 e. The van der Waals surface area contributed by atoms with Crippen molar-refractivity contribution in [1.29, 1.82) is 0 Å². The van der Waals surface area contributed by atoms with Gasteiger partial charge < -0.3 is 59.9 Å². The molecule has 8 aliphatic rings. The first-order valence-corrected chi connectivity index (χ1v) is 31.2. The third-order valence-corrected chi connectivity index (χ3v) is 20.3. The van der Waals surface area contributed by atoms with Gasteiger partial charge in [-0.3, -0.25) is 24.0 Å². The Morgan fingerprint density at radius 3 is 2.41 bits per heavy atom.